The maximum absolute atomic E-state index is 13.0. The van der Waals surface area contributed by atoms with E-state index in [1.54, 1.807) is 10.6 Å². The SMILES string of the molecule is CCCCCNC(=O)c1nc(C(=O)N2CCN(CC)CC2)c2ccccn12. The average Bonchev–Trinajstić information content (AvgIpc) is 3.10. The van der Waals surface area contributed by atoms with E-state index >= 15 is 0 Å². The minimum absolute atomic E-state index is 0.0977. The molecule has 3 rings (SSSR count). The van der Waals surface area contributed by atoms with Gasteiger partial charge in [-0.3, -0.25) is 14.0 Å². The Morgan fingerprint density at radius 3 is 2.59 bits per heavy atom. The van der Waals surface area contributed by atoms with Gasteiger partial charge in [0.25, 0.3) is 11.8 Å². The summed E-state index contributed by atoms with van der Waals surface area (Å²) in [4.78, 5) is 34.2. The van der Waals surface area contributed by atoms with Gasteiger partial charge in [0, 0.05) is 38.9 Å². The molecule has 0 saturated carbocycles. The van der Waals surface area contributed by atoms with Crippen molar-refractivity contribution in [2.75, 3.05) is 39.3 Å². The van der Waals surface area contributed by atoms with Crippen LogP contribution in [0.15, 0.2) is 24.4 Å². The van der Waals surface area contributed by atoms with Crippen LogP contribution in [-0.4, -0.2) is 70.3 Å². The van der Waals surface area contributed by atoms with Crippen LogP contribution in [0.25, 0.3) is 5.52 Å². The van der Waals surface area contributed by atoms with E-state index in [0.717, 1.165) is 38.9 Å². The number of aromatic nitrogens is 2. The first-order chi connectivity index (χ1) is 13.2. The summed E-state index contributed by atoms with van der Waals surface area (Å²) in [7, 11) is 0. The molecule has 0 atom stereocenters. The van der Waals surface area contributed by atoms with E-state index in [4.69, 9.17) is 0 Å². The topological polar surface area (TPSA) is 70.0 Å². The third-order valence-electron chi connectivity index (χ3n) is 5.13. The predicted octanol–water partition coefficient (Wildman–Crippen LogP) is 2.03. The van der Waals surface area contributed by atoms with Crippen molar-refractivity contribution < 1.29 is 9.59 Å². The smallest absolute Gasteiger partial charge is 0.287 e. The van der Waals surface area contributed by atoms with E-state index < -0.39 is 0 Å². The molecule has 146 valence electrons. The molecule has 1 aliphatic heterocycles. The van der Waals surface area contributed by atoms with Gasteiger partial charge in [-0.15, -0.1) is 0 Å². The van der Waals surface area contributed by atoms with Gasteiger partial charge in [-0.1, -0.05) is 32.8 Å². The lowest BCUT2D eigenvalue weighted by Crippen LogP contribution is -2.48. The highest BCUT2D eigenvalue weighted by atomic mass is 16.2. The molecular weight excluding hydrogens is 342 g/mol. The van der Waals surface area contributed by atoms with Crippen LogP contribution in [0.2, 0.25) is 0 Å². The van der Waals surface area contributed by atoms with E-state index in [0.29, 0.717) is 30.8 Å². The number of nitrogens with one attached hydrogen (secondary N) is 1. The minimum Gasteiger partial charge on any atom is -0.349 e. The van der Waals surface area contributed by atoms with Gasteiger partial charge in [-0.25, -0.2) is 4.98 Å². The highest BCUT2D eigenvalue weighted by Crippen LogP contribution is 2.16. The average molecular weight is 371 g/mol. The van der Waals surface area contributed by atoms with Gasteiger partial charge in [0.1, 0.15) is 0 Å². The second-order valence-corrected chi connectivity index (χ2v) is 6.93. The van der Waals surface area contributed by atoms with Gasteiger partial charge in [-0.2, -0.15) is 0 Å². The highest BCUT2D eigenvalue weighted by Gasteiger charge is 2.27. The van der Waals surface area contributed by atoms with Crippen molar-refractivity contribution in [3.63, 3.8) is 0 Å². The molecule has 0 spiro atoms. The first-order valence-corrected chi connectivity index (χ1v) is 9.92. The number of pyridine rings is 1. The lowest BCUT2D eigenvalue weighted by molar-refractivity contribution is 0.0640. The van der Waals surface area contributed by atoms with Crippen LogP contribution < -0.4 is 5.32 Å². The number of unbranched alkanes of at least 4 members (excludes halogenated alkanes) is 2. The lowest BCUT2D eigenvalue weighted by Gasteiger charge is -2.33. The molecule has 0 aromatic carbocycles. The summed E-state index contributed by atoms with van der Waals surface area (Å²) in [6.07, 6.45) is 4.91. The summed E-state index contributed by atoms with van der Waals surface area (Å²) in [6.45, 7) is 9.01. The Balaban J connectivity index is 1.80. The maximum Gasteiger partial charge on any atom is 0.287 e. The minimum atomic E-state index is -0.234. The van der Waals surface area contributed by atoms with Crippen molar-refractivity contribution in [2.24, 2.45) is 0 Å². The Morgan fingerprint density at radius 2 is 1.89 bits per heavy atom. The number of hydrogen-bond donors (Lipinski definition) is 1. The largest absolute Gasteiger partial charge is 0.349 e. The molecular formula is C20H29N5O2. The Bertz CT molecular complexity index is 793. The van der Waals surface area contributed by atoms with E-state index in [1.165, 1.54) is 0 Å². The van der Waals surface area contributed by atoms with E-state index in [2.05, 4.69) is 29.0 Å². The summed E-state index contributed by atoms with van der Waals surface area (Å²) in [5, 5.41) is 2.92. The quantitative estimate of drug-likeness (QED) is 0.756. The van der Waals surface area contributed by atoms with Crippen LogP contribution in [-0.2, 0) is 0 Å². The fourth-order valence-electron chi connectivity index (χ4n) is 3.43. The van der Waals surface area contributed by atoms with Gasteiger partial charge >= 0.3 is 0 Å². The van der Waals surface area contributed by atoms with Gasteiger partial charge in [0.15, 0.2) is 5.69 Å². The third kappa shape index (κ3) is 4.30. The fraction of sp³-hybridized carbons (Fsp3) is 0.550. The zero-order valence-corrected chi connectivity index (χ0v) is 16.3. The van der Waals surface area contributed by atoms with Crippen LogP contribution >= 0.6 is 0 Å². The first-order valence-electron chi connectivity index (χ1n) is 9.92. The van der Waals surface area contributed by atoms with Crippen molar-refractivity contribution >= 4 is 17.3 Å². The molecule has 1 N–H and O–H groups in total. The molecule has 7 heteroatoms. The number of amides is 2. The molecule has 7 nitrogen and oxygen atoms in total. The van der Waals surface area contributed by atoms with Gasteiger partial charge < -0.3 is 15.1 Å². The number of piperazine rings is 1. The lowest BCUT2D eigenvalue weighted by atomic mass is 10.2. The second-order valence-electron chi connectivity index (χ2n) is 6.93. The fourth-order valence-corrected chi connectivity index (χ4v) is 3.43. The van der Waals surface area contributed by atoms with Gasteiger partial charge in [-0.05, 0) is 25.1 Å². The molecule has 1 aliphatic rings. The van der Waals surface area contributed by atoms with Gasteiger partial charge in [0.2, 0.25) is 5.82 Å². The van der Waals surface area contributed by atoms with Crippen LogP contribution in [0.3, 0.4) is 0 Å². The molecule has 0 unspecified atom stereocenters. The number of carbonyl (C=O) groups is 2. The summed E-state index contributed by atoms with van der Waals surface area (Å²) in [5.74, 6) is -0.0562. The zero-order valence-electron chi connectivity index (χ0n) is 16.3. The predicted molar refractivity (Wildman–Crippen MR) is 105 cm³/mol. The number of fused-ring (bicyclic) bond motifs is 1. The third-order valence-corrected chi connectivity index (χ3v) is 5.13. The van der Waals surface area contributed by atoms with E-state index in [1.807, 2.05) is 23.1 Å². The number of carbonyl (C=O) groups excluding carboxylic acids is 2. The summed E-state index contributed by atoms with van der Waals surface area (Å²) in [5.41, 5.74) is 1.04. The Morgan fingerprint density at radius 1 is 1.11 bits per heavy atom. The standard InChI is InChI=1S/C20H29N5O2/c1-3-5-7-10-21-19(26)18-22-17(16-9-6-8-11-25(16)18)20(27)24-14-12-23(4-2)13-15-24/h6,8-9,11H,3-5,7,10,12-15H2,1-2H3,(H,21,26). The second kappa shape index (κ2) is 8.99. The number of imidazole rings is 1. The summed E-state index contributed by atoms with van der Waals surface area (Å²) >= 11 is 0. The monoisotopic (exact) mass is 371 g/mol. The van der Waals surface area contributed by atoms with Crippen LogP contribution in [0.1, 0.15) is 54.2 Å². The molecule has 27 heavy (non-hydrogen) atoms. The first kappa shape index (κ1) is 19.4. The van der Waals surface area contributed by atoms with Crippen LogP contribution in [0.4, 0.5) is 0 Å². The van der Waals surface area contributed by atoms with Crippen molar-refractivity contribution in [1.82, 2.24) is 24.5 Å². The normalized spacial score (nSPS) is 15.3. The molecule has 2 aromatic heterocycles. The van der Waals surface area contributed by atoms with E-state index in [-0.39, 0.29) is 17.6 Å². The van der Waals surface area contributed by atoms with Crippen LogP contribution in [0, 0.1) is 0 Å². The van der Waals surface area contributed by atoms with Crippen molar-refractivity contribution in [2.45, 2.75) is 33.1 Å². The van der Waals surface area contributed by atoms with Gasteiger partial charge in [0.05, 0.1) is 5.52 Å². The molecule has 0 radical (unpaired) electrons. The molecule has 0 bridgehead atoms. The zero-order chi connectivity index (χ0) is 19.2. The molecule has 1 fully saturated rings. The van der Waals surface area contributed by atoms with Crippen molar-refractivity contribution in [3.05, 3.63) is 35.9 Å². The molecule has 3 heterocycles. The summed E-state index contributed by atoms with van der Waals surface area (Å²) in [6, 6.07) is 5.55. The Labute approximate surface area is 160 Å². The van der Waals surface area contributed by atoms with E-state index in [9.17, 15) is 9.59 Å². The van der Waals surface area contributed by atoms with Crippen LogP contribution in [0.5, 0.6) is 0 Å². The number of nitrogens with zero attached hydrogens (tertiary/aromatic N) is 4. The maximum atomic E-state index is 13.0. The molecule has 2 aromatic rings. The molecule has 1 saturated heterocycles. The molecule has 2 amide bonds. The Kier molecular flexibility index (Phi) is 6.45. The highest BCUT2D eigenvalue weighted by molar-refractivity contribution is 6.02. The number of rotatable bonds is 7. The van der Waals surface area contributed by atoms with Crippen molar-refractivity contribution in [3.8, 4) is 0 Å². The molecule has 0 aliphatic carbocycles. The van der Waals surface area contributed by atoms with Crippen molar-refractivity contribution in [1.29, 1.82) is 0 Å². The Hall–Kier alpha value is -2.41. The number of hydrogen-bond acceptors (Lipinski definition) is 4. The number of likely N-dealkylation sites (N-methyl/N-ethyl adjacent to an activating group) is 1. The summed E-state index contributed by atoms with van der Waals surface area (Å²) < 4.78 is 1.71.